The van der Waals surface area contributed by atoms with Crippen LogP contribution in [0.25, 0.3) is 0 Å². The van der Waals surface area contributed by atoms with Crippen molar-refractivity contribution in [1.29, 1.82) is 0 Å². The first-order valence-electron chi connectivity index (χ1n) is 8.30. The van der Waals surface area contributed by atoms with Gasteiger partial charge in [0.25, 0.3) is 0 Å². The minimum absolute atomic E-state index is 0. The molecule has 1 atom stereocenters. The van der Waals surface area contributed by atoms with Crippen LogP contribution in [0.4, 0.5) is 5.69 Å². The Morgan fingerprint density at radius 2 is 1.95 bits per heavy atom. The van der Waals surface area contributed by atoms with E-state index in [1.807, 2.05) is 18.2 Å². The summed E-state index contributed by atoms with van der Waals surface area (Å²) in [6.45, 7) is 5.87. The predicted octanol–water partition coefficient (Wildman–Crippen LogP) is 4.37. The van der Waals surface area contributed by atoms with E-state index in [2.05, 4.69) is 30.5 Å². The molecule has 0 aromatic heterocycles. The van der Waals surface area contributed by atoms with Crippen LogP contribution in [-0.4, -0.2) is 12.5 Å². The molecule has 4 heteroatoms. The molecule has 0 aliphatic heterocycles. The fraction of sp³-hybridized carbons (Fsp3) is 0.611. The van der Waals surface area contributed by atoms with Crippen LogP contribution in [0.1, 0.15) is 51.5 Å². The summed E-state index contributed by atoms with van der Waals surface area (Å²) in [6.07, 6.45) is 6.31. The van der Waals surface area contributed by atoms with Crippen LogP contribution in [-0.2, 0) is 11.3 Å². The van der Waals surface area contributed by atoms with Gasteiger partial charge in [0.2, 0.25) is 5.91 Å². The lowest BCUT2D eigenvalue weighted by Gasteiger charge is -2.17. The van der Waals surface area contributed by atoms with Crippen molar-refractivity contribution in [2.24, 2.45) is 11.8 Å². The van der Waals surface area contributed by atoms with Crippen molar-refractivity contribution >= 4 is 24.0 Å². The van der Waals surface area contributed by atoms with Crippen molar-refractivity contribution < 1.29 is 4.79 Å². The van der Waals surface area contributed by atoms with Gasteiger partial charge in [0.1, 0.15) is 0 Å². The van der Waals surface area contributed by atoms with E-state index in [4.69, 9.17) is 0 Å². The third-order valence-electron chi connectivity index (χ3n) is 4.45. The molecule has 0 bridgehead atoms. The molecule has 1 amide bonds. The second-order valence-corrected chi connectivity index (χ2v) is 6.21. The highest BCUT2D eigenvalue weighted by molar-refractivity contribution is 5.93. The van der Waals surface area contributed by atoms with Crippen molar-refractivity contribution in [2.45, 2.75) is 52.5 Å². The molecule has 1 aliphatic rings. The number of carbonyl (C=O) groups excluding carboxylic acids is 1. The number of nitrogens with one attached hydrogen (secondary N) is 2. The summed E-state index contributed by atoms with van der Waals surface area (Å²) in [5.74, 6) is 1.01. The van der Waals surface area contributed by atoms with Gasteiger partial charge in [-0.15, -0.1) is 12.4 Å². The molecular formula is C18H29ClN2O. The van der Waals surface area contributed by atoms with Crippen LogP contribution in [0.2, 0.25) is 0 Å². The van der Waals surface area contributed by atoms with E-state index in [9.17, 15) is 4.79 Å². The predicted molar refractivity (Wildman–Crippen MR) is 95.4 cm³/mol. The highest BCUT2D eigenvalue weighted by atomic mass is 35.5. The lowest BCUT2D eigenvalue weighted by molar-refractivity contribution is -0.119. The standard InChI is InChI=1S/C18H28N2O.ClH/c1-3-19-13-16-10-6-7-11-17(16)20-18(21)14(2)12-15-8-4-5-9-15;/h6-7,10-11,14-15,19H,3-5,8-9,12-13H2,1-2H3,(H,20,21);1H. The van der Waals surface area contributed by atoms with Crippen molar-refractivity contribution in [2.75, 3.05) is 11.9 Å². The molecule has 1 aromatic rings. The van der Waals surface area contributed by atoms with Crippen LogP contribution in [0.3, 0.4) is 0 Å². The summed E-state index contributed by atoms with van der Waals surface area (Å²) in [6, 6.07) is 8.06. The Kier molecular flexibility index (Phi) is 8.51. The molecule has 1 saturated carbocycles. The smallest absolute Gasteiger partial charge is 0.227 e. The molecule has 2 rings (SSSR count). The fourth-order valence-electron chi connectivity index (χ4n) is 3.17. The Morgan fingerprint density at radius 3 is 2.64 bits per heavy atom. The second kappa shape index (κ2) is 9.86. The van der Waals surface area contributed by atoms with E-state index in [-0.39, 0.29) is 24.2 Å². The van der Waals surface area contributed by atoms with Gasteiger partial charge < -0.3 is 10.6 Å². The van der Waals surface area contributed by atoms with Gasteiger partial charge in [0, 0.05) is 18.2 Å². The molecule has 22 heavy (non-hydrogen) atoms. The molecule has 0 spiro atoms. The number of benzene rings is 1. The topological polar surface area (TPSA) is 41.1 Å². The zero-order valence-electron chi connectivity index (χ0n) is 13.7. The molecule has 124 valence electrons. The van der Waals surface area contributed by atoms with E-state index in [1.54, 1.807) is 0 Å². The van der Waals surface area contributed by atoms with E-state index in [0.717, 1.165) is 36.7 Å². The molecule has 1 aromatic carbocycles. The molecule has 2 N–H and O–H groups in total. The molecule has 3 nitrogen and oxygen atoms in total. The molecule has 0 heterocycles. The Morgan fingerprint density at radius 1 is 1.27 bits per heavy atom. The Labute approximate surface area is 140 Å². The highest BCUT2D eigenvalue weighted by Gasteiger charge is 2.22. The van der Waals surface area contributed by atoms with Crippen LogP contribution < -0.4 is 10.6 Å². The number of halogens is 1. The zero-order chi connectivity index (χ0) is 15.1. The lowest BCUT2D eigenvalue weighted by Crippen LogP contribution is -2.23. The van der Waals surface area contributed by atoms with Crippen molar-refractivity contribution in [3.05, 3.63) is 29.8 Å². The molecule has 1 fully saturated rings. The van der Waals surface area contributed by atoms with E-state index >= 15 is 0 Å². The van der Waals surface area contributed by atoms with Gasteiger partial charge in [0.15, 0.2) is 0 Å². The zero-order valence-corrected chi connectivity index (χ0v) is 14.5. The van der Waals surface area contributed by atoms with Gasteiger partial charge in [0.05, 0.1) is 0 Å². The average Bonchev–Trinajstić information content (AvgIpc) is 2.99. The normalized spacial score (nSPS) is 16.1. The molecule has 1 aliphatic carbocycles. The number of carbonyl (C=O) groups is 1. The van der Waals surface area contributed by atoms with Gasteiger partial charge in [-0.2, -0.15) is 0 Å². The molecular weight excluding hydrogens is 296 g/mol. The number of para-hydroxylation sites is 1. The van der Waals surface area contributed by atoms with Gasteiger partial charge in [-0.25, -0.2) is 0 Å². The Bertz CT molecular complexity index is 458. The Hall–Kier alpha value is -1.06. The molecule has 1 unspecified atom stereocenters. The second-order valence-electron chi connectivity index (χ2n) is 6.21. The molecule has 0 radical (unpaired) electrons. The minimum Gasteiger partial charge on any atom is -0.326 e. The summed E-state index contributed by atoms with van der Waals surface area (Å²) in [5.41, 5.74) is 2.10. The third-order valence-corrected chi connectivity index (χ3v) is 4.45. The van der Waals surface area contributed by atoms with Crippen LogP contribution in [0, 0.1) is 11.8 Å². The molecule has 0 saturated heterocycles. The SMILES string of the molecule is CCNCc1ccccc1NC(=O)C(C)CC1CCCC1.Cl. The number of amides is 1. The largest absolute Gasteiger partial charge is 0.326 e. The maximum absolute atomic E-state index is 12.4. The maximum atomic E-state index is 12.4. The summed E-state index contributed by atoms with van der Waals surface area (Å²) < 4.78 is 0. The summed E-state index contributed by atoms with van der Waals surface area (Å²) in [7, 11) is 0. The van der Waals surface area contributed by atoms with Gasteiger partial charge >= 0.3 is 0 Å². The van der Waals surface area contributed by atoms with Crippen molar-refractivity contribution in [3.8, 4) is 0 Å². The first-order valence-corrected chi connectivity index (χ1v) is 8.30. The number of hydrogen-bond donors (Lipinski definition) is 2. The summed E-state index contributed by atoms with van der Waals surface area (Å²) in [5, 5.41) is 6.43. The van der Waals surface area contributed by atoms with Gasteiger partial charge in [-0.05, 0) is 30.5 Å². The fourth-order valence-corrected chi connectivity index (χ4v) is 3.17. The van der Waals surface area contributed by atoms with Gasteiger partial charge in [-0.1, -0.05) is 57.7 Å². The quantitative estimate of drug-likeness (QED) is 0.781. The van der Waals surface area contributed by atoms with E-state index in [1.165, 1.54) is 25.7 Å². The van der Waals surface area contributed by atoms with Crippen molar-refractivity contribution in [3.63, 3.8) is 0 Å². The number of hydrogen-bond acceptors (Lipinski definition) is 2. The first-order chi connectivity index (χ1) is 10.2. The lowest BCUT2D eigenvalue weighted by atomic mass is 9.94. The monoisotopic (exact) mass is 324 g/mol. The van der Waals surface area contributed by atoms with Crippen LogP contribution in [0.5, 0.6) is 0 Å². The highest BCUT2D eigenvalue weighted by Crippen LogP contribution is 2.30. The third kappa shape index (κ3) is 5.62. The average molecular weight is 325 g/mol. The summed E-state index contributed by atoms with van der Waals surface area (Å²) in [4.78, 5) is 12.4. The number of anilines is 1. The van der Waals surface area contributed by atoms with E-state index < -0.39 is 0 Å². The van der Waals surface area contributed by atoms with Crippen molar-refractivity contribution in [1.82, 2.24) is 5.32 Å². The minimum atomic E-state index is 0. The van der Waals surface area contributed by atoms with Gasteiger partial charge in [-0.3, -0.25) is 4.79 Å². The van der Waals surface area contributed by atoms with Crippen LogP contribution in [0.15, 0.2) is 24.3 Å². The van der Waals surface area contributed by atoms with E-state index in [0.29, 0.717) is 0 Å². The summed E-state index contributed by atoms with van der Waals surface area (Å²) >= 11 is 0. The maximum Gasteiger partial charge on any atom is 0.227 e. The number of rotatable bonds is 7. The van der Waals surface area contributed by atoms with Crippen LogP contribution >= 0.6 is 12.4 Å². The first kappa shape index (κ1) is 19.0. The Balaban J connectivity index is 0.00000242.